The molecular weight excluding hydrogens is 334 g/mol. The van der Waals surface area contributed by atoms with E-state index in [2.05, 4.69) is 36.2 Å². The minimum absolute atomic E-state index is 0.313. The number of anilines is 2. The fraction of sp³-hybridized carbons (Fsp3) is 0.357. The lowest BCUT2D eigenvalue weighted by atomic mass is 10.2. The second-order valence-electron chi connectivity index (χ2n) is 4.58. The van der Waals surface area contributed by atoms with Gasteiger partial charge in [0.1, 0.15) is 6.61 Å². The van der Waals surface area contributed by atoms with Crippen LogP contribution in [0.3, 0.4) is 0 Å². The third kappa shape index (κ3) is 4.56. The molecule has 6 nitrogen and oxygen atoms in total. The zero-order chi connectivity index (χ0) is 15.2. The summed E-state index contributed by atoms with van der Waals surface area (Å²) < 4.78 is 6.70. The molecule has 0 saturated carbocycles. The van der Waals surface area contributed by atoms with Crippen molar-refractivity contribution in [2.75, 3.05) is 30.9 Å². The summed E-state index contributed by atoms with van der Waals surface area (Å²) in [5.74, 6) is 1.08. The highest BCUT2D eigenvalue weighted by Gasteiger charge is 2.09. The lowest BCUT2D eigenvalue weighted by Crippen LogP contribution is -2.16. The Balaban J connectivity index is 2.12. The van der Waals surface area contributed by atoms with Crippen LogP contribution < -0.4 is 15.0 Å². The van der Waals surface area contributed by atoms with Crippen molar-refractivity contribution >= 4 is 27.8 Å². The molecule has 1 aromatic carbocycles. The summed E-state index contributed by atoms with van der Waals surface area (Å²) in [4.78, 5) is 14.6. The summed E-state index contributed by atoms with van der Waals surface area (Å²) in [6, 6.07) is 8.24. The molecule has 7 heteroatoms. The Morgan fingerprint density at radius 2 is 1.86 bits per heavy atom. The third-order valence-electron chi connectivity index (χ3n) is 2.62. The van der Waals surface area contributed by atoms with E-state index < -0.39 is 0 Å². The van der Waals surface area contributed by atoms with Gasteiger partial charge in [-0.15, -0.1) is 0 Å². The molecule has 0 amide bonds. The molecule has 21 heavy (non-hydrogen) atoms. The molecule has 0 aliphatic carbocycles. The number of aromatic nitrogens is 3. The van der Waals surface area contributed by atoms with Gasteiger partial charge in [-0.25, -0.2) is 0 Å². The molecule has 2 aromatic rings. The van der Waals surface area contributed by atoms with Crippen LogP contribution in [-0.2, 0) is 6.61 Å². The molecule has 0 bridgehead atoms. The van der Waals surface area contributed by atoms with Crippen LogP contribution in [0.4, 0.5) is 11.9 Å². The first-order chi connectivity index (χ1) is 10.1. The zero-order valence-electron chi connectivity index (χ0n) is 12.3. The highest BCUT2D eigenvalue weighted by Crippen LogP contribution is 2.15. The van der Waals surface area contributed by atoms with Gasteiger partial charge in [0.05, 0.1) is 0 Å². The quantitative estimate of drug-likeness (QED) is 0.863. The maximum Gasteiger partial charge on any atom is 0.323 e. The molecule has 0 unspecified atom stereocenters. The van der Waals surface area contributed by atoms with Crippen molar-refractivity contribution in [3.63, 3.8) is 0 Å². The van der Waals surface area contributed by atoms with Crippen LogP contribution in [0.15, 0.2) is 28.7 Å². The first-order valence-electron chi connectivity index (χ1n) is 6.63. The Bertz CT molecular complexity index is 588. The molecule has 1 N–H and O–H groups in total. The van der Waals surface area contributed by atoms with Gasteiger partial charge in [0.15, 0.2) is 0 Å². The van der Waals surface area contributed by atoms with Crippen molar-refractivity contribution in [3.05, 3.63) is 34.3 Å². The number of benzene rings is 1. The van der Waals surface area contributed by atoms with Crippen LogP contribution in [0.2, 0.25) is 0 Å². The van der Waals surface area contributed by atoms with E-state index in [0.717, 1.165) is 16.6 Å². The van der Waals surface area contributed by atoms with Crippen LogP contribution in [-0.4, -0.2) is 35.6 Å². The van der Waals surface area contributed by atoms with Crippen LogP contribution in [0.25, 0.3) is 0 Å². The third-order valence-corrected chi connectivity index (χ3v) is 3.15. The van der Waals surface area contributed by atoms with E-state index in [9.17, 15) is 0 Å². The fourth-order valence-corrected chi connectivity index (χ4v) is 1.84. The maximum absolute atomic E-state index is 5.67. The van der Waals surface area contributed by atoms with Crippen molar-refractivity contribution in [3.8, 4) is 6.01 Å². The van der Waals surface area contributed by atoms with Crippen molar-refractivity contribution in [1.29, 1.82) is 0 Å². The topological polar surface area (TPSA) is 63.2 Å². The van der Waals surface area contributed by atoms with Gasteiger partial charge in [-0.3, -0.25) is 0 Å². The Kier molecular flexibility index (Phi) is 5.32. The lowest BCUT2D eigenvalue weighted by molar-refractivity contribution is 0.280. The first-order valence-corrected chi connectivity index (χ1v) is 7.42. The molecule has 0 saturated heterocycles. The SMILES string of the molecule is CCNc1nc(OCc2ccc(Br)cc2)nc(N(C)C)n1. The molecule has 0 aliphatic rings. The van der Waals surface area contributed by atoms with E-state index in [1.807, 2.05) is 50.2 Å². The number of ether oxygens (including phenoxy) is 1. The largest absolute Gasteiger partial charge is 0.458 e. The van der Waals surface area contributed by atoms with Gasteiger partial charge < -0.3 is 15.0 Å². The van der Waals surface area contributed by atoms with Gasteiger partial charge in [0.2, 0.25) is 11.9 Å². The van der Waals surface area contributed by atoms with Gasteiger partial charge in [-0.05, 0) is 24.6 Å². The second-order valence-corrected chi connectivity index (χ2v) is 5.50. The number of rotatable bonds is 6. The van der Waals surface area contributed by atoms with Gasteiger partial charge in [-0.2, -0.15) is 15.0 Å². The fourth-order valence-electron chi connectivity index (χ4n) is 1.58. The molecule has 2 rings (SSSR count). The molecule has 0 radical (unpaired) electrons. The van der Waals surface area contributed by atoms with E-state index >= 15 is 0 Å². The maximum atomic E-state index is 5.67. The Morgan fingerprint density at radius 1 is 1.14 bits per heavy atom. The molecule has 1 aromatic heterocycles. The normalized spacial score (nSPS) is 10.3. The van der Waals surface area contributed by atoms with Gasteiger partial charge in [0, 0.05) is 25.1 Å². The van der Waals surface area contributed by atoms with Gasteiger partial charge >= 0.3 is 6.01 Å². The predicted octanol–water partition coefficient (Wildman–Crippen LogP) is 2.71. The average molecular weight is 352 g/mol. The van der Waals surface area contributed by atoms with E-state index in [-0.39, 0.29) is 0 Å². The zero-order valence-corrected chi connectivity index (χ0v) is 13.9. The van der Waals surface area contributed by atoms with E-state index in [1.54, 1.807) is 0 Å². The monoisotopic (exact) mass is 351 g/mol. The van der Waals surface area contributed by atoms with E-state index in [1.165, 1.54) is 0 Å². The summed E-state index contributed by atoms with van der Waals surface area (Å²) in [7, 11) is 3.76. The Hall–Kier alpha value is -1.89. The minimum atomic E-state index is 0.313. The standard InChI is InChI=1S/C14H18BrN5O/c1-4-16-12-17-13(20(2)3)19-14(18-12)21-9-10-5-7-11(15)8-6-10/h5-8H,4,9H2,1-3H3,(H,16,17,18,19). The van der Waals surface area contributed by atoms with Crippen LogP contribution in [0.1, 0.15) is 12.5 Å². The van der Waals surface area contributed by atoms with Crippen molar-refractivity contribution in [2.45, 2.75) is 13.5 Å². The highest BCUT2D eigenvalue weighted by molar-refractivity contribution is 9.10. The van der Waals surface area contributed by atoms with Crippen molar-refractivity contribution in [2.24, 2.45) is 0 Å². The summed E-state index contributed by atoms with van der Waals surface area (Å²) in [6.07, 6.45) is 0. The lowest BCUT2D eigenvalue weighted by Gasteiger charge is -2.13. The molecule has 0 aliphatic heterocycles. The molecule has 1 heterocycles. The number of nitrogens with one attached hydrogen (secondary N) is 1. The molecule has 0 spiro atoms. The summed E-state index contributed by atoms with van der Waals surface area (Å²) in [5.41, 5.74) is 1.05. The van der Waals surface area contributed by atoms with Crippen LogP contribution >= 0.6 is 15.9 Å². The smallest absolute Gasteiger partial charge is 0.323 e. The number of halogens is 1. The Labute approximate surface area is 132 Å². The molecular formula is C14H18BrN5O. The molecule has 112 valence electrons. The van der Waals surface area contributed by atoms with Gasteiger partial charge in [-0.1, -0.05) is 28.1 Å². The van der Waals surface area contributed by atoms with Crippen molar-refractivity contribution in [1.82, 2.24) is 15.0 Å². The van der Waals surface area contributed by atoms with Crippen molar-refractivity contribution < 1.29 is 4.74 Å². The highest BCUT2D eigenvalue weighted by atomic mass is 79.9. The van der Waals surface area contributed by atoms with E-state index in [0.29, 0.717) is 24.5 Å². The number of hydrogen-bond donors (Lipinski definition) is 1. The Morgan fingerprint density at radius 3 is 2.48 bits per heavy atom. The van der Waals surface area contributed by atoms with Crippen LogP contribution in [0.5, 0.6) is 6.01 Å². The van der Waals surface area contributed by atoms with E-state index in [4.69, 9.17) is 4.74 Å². The molecule has 0 fully saturated rings. The number of hydrogen-bond acceptors (Lipinski definition) is 6. The predicted molar refractivity (Wildman–Crippen MR) is 86.8 cm³/mol. The average Bonchev–Trinajstić information content (AvgIpc) is 2.47. The summed E-state index contributed by atoms with van der Waals surface area (Å²) >= 11 is 3.41. The minimum Gasteiger partial charge on any atom is -0.458 e. The number of nitrogens with zero attached hydrogens (tertiary/aromatic N) is 4. The first kappa shape index (κ1) is 15.5. The van der Waals surface area contributed by atoms with Gasteiger partial charge in [0.25, 0.3) is 0 Å². The summed E-state index contributed by atoms with van der Waals surface area (Å²) in [5, 5.41) is 3.07. The second kappa shape index (κ2) is 7.21. The van der Waals surface area contributed by atoms with Crippen LogP contribution in [0, 0.1) is 0 Å². The summed E-state index contributed by atoms with van der Waals surface area (Å²) in [6.45, 7) is 3.14. The molecule has 0 atom stereocenters.